The van der Waals surface area contributed by atoms with Crippen LogP contribution in [0.4, 0.5) is 19.1 Å². The first-order valence-corrected chi connectivity index (χ1v) is 11.7. The minimum Gasteiger partial charge on any atom is -0.342 e. The van der Waals surface area contributed by atoms with Gasteiger partial charge >= 0.3 is 6.18 Å². The zero-order valence-electron chi connectivity index (χ0n) is 18.7. The van der Waals surface area contributed by atoms with Gasteiger partial charge in [0, 0.05) is 55.6 Å². The Labute approximate surface area is 205 Å². The van der Waals surface area contributed by atoms with Gasteiger partial charge in [0.2, 0.25) is 11.9 Å². The van der Waals surface area contributed by atoms with Gasteiger partial charge in [-0.1, -0.05) is 23.7 Å². The first kappa shape index (κ1) is 23.5. The number of anilines is 1. The third-order valence-corrected chi connectivity index (χ3v) is 6.78. The van der Waals surface area contributed by atoms with Gasteiger partial charge in [-0.2, -0.15) is 13.2 Å². The van der Waals surface area contributed by atoms with Crippen molar-refractivity contribution in [1.29, 1.82) is 0 Å². The van der Waals surface area contributed by atoms with E-state index in [2.05, 4.69) is 15.2 Å². The van der Waals surface area contributed by atoms with E-state index in [4.69, 9.17) is 16.6 Å². The van der Waals surface area contributed by atoms with E-state index >= 15 is 0 Å². The number of hydrogen-bond donors (Lipinski definition) is 0. The fraction of sp³-hybridized carbons (Fsp3) is 0.375. The number of carbonyl (C=O) groups excluding carboxylic acids is 1. The van der Waals surface area contributed by atoms with Crippen molar-refractivity contribution in [1.82, 2.24) is 25.1 Å². The van der Waals surface area contributed by atoms with Crippen LogP contribution in [-0.2, 0) is 11.0 Å². The smallest absolute Gasteiger partial charge is 0.342 e. The van der Waals surface area contributed by atoms with E-state index in [0.717, 1.165) is 31.6 Å². The largest absolute Gasteiger partial charge is 0.416 e. The van der Waals surface area contributed by atoms with Gasteiger partial charge in [-0.15, -0.1) is 10.2 Å². The Bertz CT molecular complexity index is 1220. The molecule has 0 spiro atoms. The molecule has 0 bridgehead atoms. The van der Waals surface area contributed by atoms with Gasteiger partial charge in [0.25, 0.3) is 0 Å². The predicted octanol–water partition coefficient (Wildman–Crippen LogP) is 4.72. The molecule has 1 amide bonds. The molecule has 3 aromatic rings. The second-order valence-electron chi connectivity index (χ2n) is 8.68. The zero-order valence-corrected chi connectivity index (χ0v) is 19.4. The summed E-state index contributed by atoms with van der Waals surface area (Å²) >= 11 is 6.39. The number of nitrogens with zero attached hydrogens (tertiary/aromatic N) is 6. The summed E-state index contributed by atoms with van der Waals surface area (Å²) in [7, 11) is 0. The van der Waals surface area contributed by atoms with E-state index < -0.39 is 11.7 Å². The molecule has 2 aliphatic rings. The maximum atomic E-state index is 13.0. The molecule has 0 radical (unpaired) electrons. The summed E-state index contributed by atoms with van der Waals surface area (Å²) < 4.78 is 39.1. The van der Waals surface area contributed by atoms with Crippen LogP contribution >= 0.6 is 11.6 Å². The number of halogens is 4. The van der Waals surface area contributed by atoms with Crippen molar-refractivity contribution in [2.24, 2.45) is 5.92 Å². The van der Waals surface area contributed by atoms with Gasteiger partial charge in [0.05, 0.1) is 10.6 Å². The molecule has 4 heterocycles. The summed E-state index contributed by atoms with van der Waals surface area (Å²) in [5.41, 5.74) is 0.958. The van der Waals surface area contributed by atoms with Crippen molar-refractivity contribution in [3.63, 3.8) is 0 Å². The predicted molar refractivity (Wildman–Crippen MR) is 125 cm³/mol. The molecule has 2 fully saturated rings. The standard InChI is InChI=1S/C24H22ClF3N6O/c25-19-14-29-9-6-18(19)21-20(15-2-4-17(5-3-15)24(26,27)28)31-32-23(30-21)34-12-7-16(8-13-34)22(35)33-10-1-11-33/h2-6,9,14,16H,1,7-8,10-13H2. The van der Waals surface area contributed by atoms with Crippen LogP contribution < -0.4 is 4.90 Å². The highest BCUT2D eigenvalue weighted by atomic mass is 35.5. The van der Waals surface area contributed by atoms with E-state index in [1.54, 1.807) is 12.3 Å². The molecule has 11 heteroatoms. The molecule has 0 N–H and O–H groups in total. The van der Waals surface area contributed by atoms with Crippen molar-refractivity contribution in [2.45, 2.75) is 25.4 Å². The second kappa shape index (κ2) is 9.41. The quantitative estimate of drug-likeness (QED) is 0.514. The molecule has 2 saturated heterocycles. The molecule has 2 aliphatic heterocycles. The number of amides is 1. The Hall–Kier alpha value is -3.27. The molecular formula is C24H22ClF3N6O. The average Bonchev–Trinajstić information content (AvgIpc) is 2.83. The Morgan fingerprint density at radius 1 is 0.971 bits per heavy atom. The van der Waals surface area contributed by atoms with Gasteiger partial charge < -0.3 is 9.80 Å². The Balaban J connectivity index is 1.45. The van der Waals surface area contributed by atoms with E-state index in [9.17, 15) is 18.0 Å². The molecule has 0 saturated carbocycles. The fourth-order valence-corrected chi connectivity index (χ4v) is 4.55. The van der Waals surface area contributed by atoms with E-state index in [1.807, 2.05) is 9.80 Å². The lowest BCUT2D eigenvalue weighted by molar-refractivity contribution is -0.140. The van der Waals surface area contributed by atoms with E-state index in [0.29, 0.717) is 59.4 Å². The second-order valence-corrected chi connectivity index (χ2v) is 9.09. The lowest BCUT2D eigenvalue weighted by Gasteiger charge is -2.37. The van der Waals surface area contributed by atoms with Crippen LogP contribution in [0.3, 0.4) is 0 Å². The highest BCUT2D eigenvalue weighted by Crippen LogP contribution is 2.36. The lowest BCUT2D eigenvalue weighted by atomic mass is 9.94. The zero-order chi connectivity index (χ0) is 24.6. The third-order valence-electron chi connectivity index (χ3n) is 6.48. The maximum absolute atomic E-state index is 13.0. The lowest BCUT2D eigenvalue weighted by Crippen LogP contribution is -2.48. The summed E-state index contributed by atoms with van der Waals surface area (Å²) in [6.07, 6.45) is 1.06. The number of alkyl halides is 3. The first-order valence-electron chi connectivity index (χ1n) is 11.4. The molecule has 2 aromatic heterocycles. The van der Waals surface area contributed by atoms with Crippen LogP contribution in [0, 0.1) is 5.92 Å². The Morgan fingerprint density at radius 2 is 1.69 bits per heavy atom. The summed E-state index contributed by atoms with van der Waals surface area (Å²) in [6.45, 7) is 2.89. The van der Waals surface area contributed by atoms with Crippen molar-refractivity contribution >= 4 is 23.5 Å². The first-order chi connectivity index (χ1) is 16.8. The van der Waals surface area contributed by atoms with Crippen LogP contribution in [0.1, 0.15) is 24.8 Å². The minimum atomic E-state index is -4.44. The van der Waals surface area contributed by atoms with Gasteiger partial charge in [-0.05, 0) is 37.5 Å². The third kappa shape index (κ3) is 4.80. The summed E-state index contributed by atoms with van der Waals surface area (Å²) in [5.74, 6) is 0.607. The summed E-state index contributed by atoms with van der Waals surface area (Å²) in [6, 6.07) is 6.38. The van der Waals surface area contributed by atoms with Crippen LogP contribution in [0.25, 0.3) is 22.5 Å². The Kier molecular flexibility index (Phi) is 6.31. The maximum Gasteiger partial charge on any atom is 0.416 e. The van der Waals surface area contributed by atoms with Crippen LogP contribution in [-0.4, -0.2) is 57.2 Å². The van der Waals surface area contributed by atoms with Gasteiger partial charge in [0.15, 0.2) is 0 Å². The fourth-order valence-electron chi connectivity index (χ4n) is 4.34. The molecule has 0 aliphatic carbocycles. The molecule has 7 nitrogen and oxygen atoms in total. The SMILES string of the molecule is O=C(C1CCN(c2nnc(-c3ccc(C(F)(F)F)cc3)c(-c3ccncc3Cl)n2)CC1)N1CCC1. The normalized spacial score (nSPS) is 16.8. The van der Waals surface area contributed by atoms with Crippen molar-refractivity contribution in [3.05, 3.63) is 53.3 Å². The molecular weight excluding hydrogens is 481 g/mol. The number of carbonyl (C=O) groups is 1. The number of piperidine rings is 1. The monoisotopic (exact) mass is 502 g/mol. The van der Waals surface area contributed by atoms with Crippen LogP contribution in [0.5, 0.6) is 0 Å². The van der Waals surface area contributed by atoms with Crippen molar-refractivity contribution < 1.29 is 18.0 Å². The molecule has 35 heavy (non-hydrogen) atoms. The highest BCUT2D eigenvalue weighted by Gasteiger charge is 2.32. The summed E-state index contributed by atoms with van der Waals surface area (Å²) in [4.78, 5) is 25.2. The number of hydrogen-bond acceptors (Lipinski definition) is 6. The van der Waals surface area contributed by atoms with E-state index in [1.165, 1.54) is 18.3 Å². The molecule has 0 unspecified atom stereocenters. The van der Waals surface area contributed by atoms with Gasteiger partial charge in [0.1, 0.15) is 11.4 Å². The van der Waals surface area contributed by atoms with E-state index in [-0.39, 0.29) is 11.8 Å². The summed E-state index contributed by atoms with van der Waals surface area (Å²) in [5, 5.41) is 8.97. The number of rotatable bonds is 4. The van der Waals surface area contributed by atoms with Crippen molar-refractivity contribution in [3.8, 4) is 22.5 Å². The molecule has 5 rings (SSSR count). The van der Waals surface area contributed by atoms with Crippen molar-refractivity contribution in [2.75, 3.05) is 31.1 Å². The molecule has 0 atom stereocenters. The number of likely N-dealkylation sites (tertiary alicyclic amines) is 1. The highest BCUT2D eigenvalue weighted by molar-refractivity contribution is 6.33. The molecule has 1 aromatic carbocycles. The number of benzene rings is 1. The molecule has 182 valence electrons. The minimum absolute atomic E-state index is 0.0000391. The van der Waals surface area contributed by atoms with Gasteiger partial charge in [-0.25, -0.2) is 4.98 Å². The average molecular weight is 503 g/mol. The number of pyridine rings is 1. The van der Waals surface area contributed by atoms with Gasteiger partial charge in [-0.3, -0.25) is 9.78 Å². The van der Waals surface area contributed by atoms with Crippen LogP contribution in [0.2, 0.25) is 5.02 Å². The number of aromatic nitrogens is 4. The topological polar surface area (TPSA) is 75.1 Å². The Morgan fingerprint density at radius 3 is 2.29 bits per heavy atom. The van der Waals surface area contributed by atoms with Crippen LogP contribution in [0.15, 0.2) is 42.7 Å².